The van der Waals surface area contributed by atoms with Crippen LogP contribution in [0.15, 0.2) is 56.9 Å². The number of aliphatic hydroxyl groups excluding tert-OH is 1. The first-order valence-electron chi connectivity index (χ1n) is 12.1. The Hall–Kier alpha value is -2.51. The van der Waals surface area contributed by atoms with Crippen molar-refractivity contribution >= 4 is 48.0 Å². The second-order valence-electron chi connectivity index (χ2n) is 10.4. The first kappa shape index (κ1) is 26.1. The van der Waals surface area contributed by atoms with E-state index in [2.05, 4.69) is 26.2 Å². The molecular weight excluding hydrogens is 562 g/mol. The lowest BCUT2D eigenvalue weighted by Crippen LogP contribution is -2.42. The number of pyridine rings is 1. The van der Waals surface area contributed by atoms with Gasteiger partial charge in [0.2, 0.25) is 6.41 Å². The molecule has 1 saturated carbocycles. The smallest absolute Gasteiger partial charge is 0.329 e. The summed E-state index contributed by atoms with van der Waals surface area (Å²) in [6.07, 6.45) is 2.51. The van der Waals surface area contributed by atoms with Gasteiger partial charge in [0.05, 0.1) is 27.7 Å². The Morgan fingerprint density at radius 3 is 2.59 bits per heavy atom. The summed E-state index contributed by atoms with van der Waals surface area (Å²) in [7, 11) is -2.25. The van der Waals surface area contributed by atoms with Crippen molar-refractivity contribution in [1.29, 1.82) is 0 Å². The highest BCUT2D eigenvalue weighted by molar-refractivity contribution is 9.10. The number of ether oxygens (including phenoxy) is 1. The van der Waals surface area contributed by atoms with Gasteiger partial charge in [-0.3, -0.25) is 14.5 Å². The number of hydrogen-bond donors (Lipinski definition) is 2. The van der Waals surface area contributed by atoms with E-state index in [0.29, 0.717) is 33.9 Å². The van der Waals surface area contributed by atoms with Gasteiger partial charge in [-0.15, -0.1) is 0 Å². The molecule has 0 saturated heterocycles. The highest BCUT2D eigenvalue weighted by Gasteiger charge is 2.33. The van der Waals surface area contributed by atoms with Crippen LogP contribution in [0.25, 0.3) is 22.1 Å². The van der Waals surface area contributed by atoms with Crippen molar-refractivity contribution in [2.75, 3.05) is 0 Å². The van der Waals surface area contributed by atoms with Gasteiger partial charge in [-0.05, 0) is 74.2 Å². The lowest BCUT2D eigenvalue weighted by molar-refractivity contribution is -0.185. The van der Waals surface area contributed by atoms with Gasteiger partial charge in [-0.25, -0.2) is 22.2 Å². The second kappa shape index (κ2) is 9.35. The minimum atomic E-state index is -3.93. The van der Waals surface area contributed by atoms with Gasteiger partial charge < -0.3 is 9.84 Å². The van der Waals surface area contributed by atoms with E-state index >= 15 is 0 Å². The average molecular weight is 593 g/mol. The molecule has 10 nitrogen and oxygen atoms in total. The van der Waals surface area contributed by atoms with Crippen LogP contribution >= 0.6 is 15.9 Å². The van der Waals surface area contributed by atoms with Crippen molar-refractivity contribution in [3.63, 3.8) is 0 Å². The average Bonchev–Trinajstić information content (AvgIpc) is 3.47. The largest absolute Gasteiger partial charge is 0.356 e. The SMILES string of the molecule is Cn1c(=O)n([C@@H]2CC[C@@H](NC(O)OC(C)(C)C)C2)c2c3cc(Br)n(S(=O)(=O)c4ccccc4)c3ncc21. The molecule has 3 atom stereocenters. The minimum Gasteiger partial charge on any atom is -0.356 e. The van der Waals surface area contributed by atoms with Crippen molar-refractivity contribution in [3.05, 3.63) is 57.7 Å². The number of halogens is 1. The van der Waals surface area contributed by atoms with E-state index in [1.165, 1.54) is 16.7 Å². The Morgan fingerprint density at radius 2 is 1.92 bits per heavy atom. The number of nitrogens with zero attached hydrogens (tertiary/aromatic N) is 4. The van der Waals surface area contributed by atoms with E-state index in [1.807, 2.05) is 20.8 Å². The standard InChI is InChI=1S/C25H30BrN5O5S/c1-25(2,3)36-23(32)28-15-10-11-16(12-15)30-21-18-13-20(26)31(37(34,35)17-8-6-5-7-9-17)22(18)27-14-19(21)29(4)24(30)33/h5-9,13-16,23,28,32H,10-12H2,1-4H3/t15-,16-,23?/m1/s1. The van der Waals surface area contributed by atoms with Crippen molar-refractivity contribution in [2.45, 2.75) is 69.0 Å². The topological polar surface area (TPSA) is 120 Å². The van der Waals surface area contributed by atoms with Crippen LogP contribution in [-0.4, -0.2) is 49.7 Å². The van der Waals surface area contributed by atoms with Crippen molar-refractivity contribution < 1.29 is 18.3 Å². The van der Waals surface area contributed by atoms with Gasteiger partial charge in [0, 0.05) is 24.5 Å². The van der Waals surface area contributed by atoms with Gasteiger partial charge in [-0.1, -0.05) is 18.2 Å². The van der Waals surface area contributed by atoms with Gasteiger partial charge in [0.15, 0.2) is 5.65 Å². The maximum Gasteiger partial charge on any atom is 0.329 e. The molecule has 5 rings (SSSR count). The number of nitrogens with one attached hydrogen (secondary N) is 1. The molecule has 12 heteroatoms. The Balaban J connectivity index is 1.58. The summed E-state index contributed by atoms with van der Waals surface area (Å²) in [6, 6.07) is 9.67. The molecule has 1 aliphatic rings. The number of fused-ring (bicyclic) bond motifs is 3. The van der Waals surface area contributed by atoms with E-state index in [0.717, 1.165) is 10.4 Å². The molecule has 0 aliphatic heterocycles. The number of aliphatic hydroxyl groups is 1. The monoisotopic (exact) mass is 591 g/mol. The Labute approximate surface area is 223 Å². The third-order valence-electron chi connectivity index (χ3n) is 6.69. The van der Waals surface area contributed by atoms with Crippen LogP contribution in [-0.2, 0) is 21.8 Å². The maximum atomic E-state index is 13.5. The molecule has 3 aromatic heterocycles. The number of hydrogen-bond acceptors (Lipinski definition) is 7. The van der Waals surface area contributed by atoms with Crippen LogP contribution in [0.5, 0.6) is 0 Å². The molecule has 0 amide bonds. The predicted octanol–water partition coefficient (Wildman–Crippen LogP) is 3.46. The van der Waals surface area contributed by atoms with Gasteiger partial charge in [0.25, 0.3) is 10.0 Å². The van der Waals surface area contributed by atoms with Crippen LogP contribution in [0.4, 0.5) is 0 Å². The summed E-state index contributed by atoms with van der Waals surface area (Å²) >= 11 is 3.42. The zero-order valence-corrected chi connectivity index (χ0v) is 23.5. The number of aromatic nitrogens is 4. The molecule has 0 radical (unpaired) electrons. The van der Waals surface area contributed by atoms with Crippen LogP contribution in [0.1, 0.15) is 46.1 Å². The molecule has 1 unspecified atom stereocenters. The molecule has 1 fully saturated rings. The molecule has 0 bridgehead atoms. The zero-order chi connectivity index (χ0) is 26.7. The van der Waals surface area contributed by atoms with E-state index < -0.39 is 22.0 Å². The van der Waals surface area contributed by atoms with Crippen molar-refractivity contribution in [3.8, 4) is 0 Å². The van der Waals surface area contributed by atoms with Gasteiger partial charge in [0.1, 0.15) is 4.60 Å². The number of rotatable bonds is 6. The first-order chi connectivity index (χ1) is 17.4. The highest BCUT2D eigenvalue weighted by atomic mass is 79.9. The van der Waals surface area contributed by atoms with Crippen molar-refractivity contribution in [1.82, 2.24) is 23.4 Å². The minimum absolute atomic E-state index is 0.0448. The van der Waals surface area contributed by atoms with Crippen LogP contribution in [0, 0.1) is 0 Å². The Morgan fingerprint density at radius 1 is 1.22 bits per heavy atom. The fraction of sp³-hybridized carbons (Fsp3) is 0.440. The predicted molar refractivity (Wildman–Crippen MR) is 144 cm³/mol. The summed E-state index contributed by atoms with van der Waals surface area (Å²) in [5, 5.41) is 14.0. The van der Waals surface area contributed by atoms with Crippen LogP contribution < -0.4 is 11.0 Å². The van der Waals surface area contributed by atoms with E-state index in [1.54, 1.807) is 42.1 Å². The first-order valence-corrected chi connectivity index (χ1v) is 14.3. The molecule has 3 heterocycles. The van der Waals surface area contributed by atoms with Crippen LogP contribution in [0.3, 0.4) is 0 Å². The van der Waals surface area contributed by atoms with E-state index in [-0.39, 0.29) is 28.3 Å². The fourth-order valence-corrected chi connectivity index (χ4v) is 7.44. The Bertz CT molecular complexity index is 1640. The van der Waals surface area contributed by atoms with Crippen molar-refractivity contribution in [2.24, 2.45) is 7.05 Å². The highest BCUT2D eigenvalue weighted by Crippen LogP contribution is 2.36. The maximum absolute atomic E-state index is 13.5. The number of aryl methyl sites for hydroxylation is 1. The second-order valence-corrected chi connectivity index (χ2v) is 13.0. The molecule has 1 aliphatic carbocycles. The van der Waals surface area contributed by atoms with E-state index in [4.69, 9.17) is 4.74 Å². The molecule has 198 valence electrons. The lowest BCUT2D eigenvalue weighted by Gasteiger charge is -2.26. The Kier molecular flexibility index (Phi) is 6.60. The van der Waals surface area contributed by atoms with E-state index in [9.17, 15) is 18.3 Å². The summed E-state index contributed by atoms with van der Waals surface area (Å²) in [5.74, 6) is 0. The normalized spacial score (nSPS) is 19.7. The molecule has 4 aromatic rings. The molecule has 0 spiro atoms. The number of benzene rings is 1. The lowest BCUT2D eigenvalue weighted by atomic mass is 10.2. The summed E-state index contributed by atoms with van der Waals surface area (Å²) in [5.41, 5.74) is 0.792. The van der Waals surface area contributed by atoms with Crippen LogP contribution in [0.2, 0.25) is 0 Å². The molecule has 1 aromatic carbocycles. The summed E-state index contributed by atoms with van der Waals surface area (Å²) < 4.78 is 37.3. The van der Waals surface area contributed by atoms with Gasteiger partial charge >= 0.3 is 5.69 Å². The molecule has 2 N–H and O–H groups in total. The zero-order valence-electron chi connectivity index (χ0n) is 21.1. The number of imidazole rings is 1. The summed E-state index contributed by atoms with van der Waals surface area (Å²) in [4.78, 5) is 18.0. The summed E-state index contributed by atoms with van der Waals surface area (Å²) in [6.45, 7) is 5.60. The van der Waals surface area contributed by atoms with Gasteiger partial charge in [-0.2, -0.15) is 0 Å². The molecular formula is C25H30BrN5O5S. The fourth-order valence-electron chi connectivity index (χ4n) is 5.11. The quantitative estimate of drug-likeness (QED) is 0.329. The third-order valence-corrected chi connectivity index (χ3v) is 9.22. The third kappa shape index (κ3) is 4.65. The molecule has 37 heavy (non-hydrogen) atoms.